The summed E-state index contributed by atoms with van der Waals surface area (Å²) in [5.74, 6) is 0. The van der Waals surface area contributed by atoms with Crippen LogP contribution < -0.4 is 4.72 Å². The zero-order chi connectivity index (χ0) is 18.1. The van der Waals surface area contributed by atoms with Crippen molar-refractivity contribution in [3.05, 3.63) is 54.1 Å². The first-order valence-corrected chi connectivity index (χ1v) is 11.3. The van der Waals surface area contributed by atoms with Crippen LogP contribution in [0.4, 0.5) is 5.69 Å². The van der Waals surface area contributed by atoms with E-state index in [9.17, 15) is 16.8 Å². The van der Waals surface area contributed by atoms with Gasteiger partial charge in [-0.05, 0) is 56.2 Å². The molecule has 134 valence electrons. The third-order valence-electron chi connectivity index (χ3n) is 4.51. The van der Waals surface area contributed by atoms with Gasteiger partial charge in [0.2, 0.25) is 0 Å². The number of nitrogens with one attached hydrogen (secondary N) is 1. The van der Waals surface area contributed by atoms with Crippen LogP contribution in [-0.2, 0) is 19.9 Å². The molecule has 1 fully saturated rings. The standard InChI is InChI=1S/C18H21NO4S2/c1-14-6-10-18(11-7-14)25(22,23)19-15-8-12-17(13-9-15)24(20,21)16-4-2-3-5-16/h6-13,16,19H,2-5H2,1H3. The van der Waals surface area contributed by atoms with Crippen molar-refractivity contribution in [1.29, 1.82) is 0 Å². The van der Waals surface area contributed by atoms with E-state index in [-0.39, 0.29) is 15.0 Å². The minimum Gasteiger partial charge on any atom is -0.280 e. The highest BCUT2D eigenvalue weighted by atomic mass is 32.2. The second kappa shape index (κ2) is 6.80. The average molecular weight is 380 g/mol. The molecular weight excluding hydrogens is 358 g/mol. The summed E-state index contributed by atoms with van der Waals surface area (Å²) in [4.78, 5) is 0.415. The van der Waals surface area contributed by atoms with Crippen LogP contribution >= 0.6 is 0 Å². The van der Waals surface area contributed by atoms with E-state index in [0.717, 1.165) is 18.4 Å². The normalized spacial score (nSPS) is 16.0. The highest BCUT2D eigenvalue weighted by molar-refractivity contribution is 7.92. The largest absolute Gasteiger partial charge is 0.280 e. The van der Waals surface area contributed by atoms with Crippen molar-refractivity contribution in [3.63, 3.8) is 0 Å². The molecule has 2 aromatic carbocycles. The van der Waals surface area contributed by atoms with E-state index in [2.05, 4.69) is 4.72 Å². The molecular formula is C18H21NO4S2. The summed E-state index contributed by atoms with van der Waals surface area (Å²) < 4.78 is 52.3. The Bertz CT molecular complexity index is 941. The molecule has 1 N–H and O–H groups in total. The predicted molar refractivity (Wildman–Crippen MR) is 97.9 cm³/mol. The van der Waals surface area contributed by atoms with Crippen LogP contribution in [0.25, 0.3) is 0 Å². The third kappa shape index (κ3) is 3.88. The van der Waals surface area contributed by atoms with E-state index in [0.29, 0.717) is 18.5 Å². The van der Waals surface area contributed by atoms with Crippen LogP contribution in [0.5, 0.6) is 0 Å². The van der Waals surface area contributed by atoms with E-state index >= 15 is 0 Å². The van der Waals surface area contributed by atoms with Crippen molar-refractivity contribution >= 4 is 25.5 Å². The summed E-state index contributed by atoms with van der Waals surface area (Å²) in [5.41, 5.74) is 1.31. The zero-order valence-corrected chi connectivity index (χ0v) is 15.6. The molecule has 0 spiro atoms. The maximum Gasteiger partial charge on any atom is 0.261 e. The van der Waals surface area contributed by atoms with Gasteiger partial charge in [0.15, 0.2) is 9.84 Å². The van der Waals surface area contributed by atoms with Crippen LogP contribution in [0, 0.1) is 6.92 Å². The van der Waals surface area contributed by atoms with E-state index in [4.69, 9.17) is 0 Å². The zero-order valence-electron chi connectivity index (χ0n) is 14.0. The number of hydrogen-bond donors (Lipinski definition) is 1. The van der Waals surface area contributed by atoms with Gasteiger partial charge in [-0.2, -0.15) is 0 Å². The Morgan fingerprint density at radius 2 is 1.32 bits per heavy atom. The van der Waals surface area contributed by atoms with Gasteiger partial charge in [0.25, 0.3) is 10.0 Å². The lowest BCUT2D eigenvalue weighted by Gasteiger charge is -2.12. The Hall–Kier alpha value is -1.86. The molecule has 2 aromatic rings. The van der Waals surface area contributed by atoms with E-state index in [1.54, 1.807) is 12.1 Å². The van der Waals surface area contributed by atoms with E-state index in [1.807, 2.05) is 6.92 Å². The van der Waals surface area contributed by atoms with Crippen LogP contribution in [0.15, 0.2) is 58.3 Å². The second-order valence-electron chi connectivity index (χ2n) is 6.39. The van der Waals surface area contributed by atoms with Crippen molar-refractivity contribution in [3.8, 4) is 0 Å². The van der Waals surface area contributed by atoms with Crippen molar-refractivity contribution in [2.45, 2.75) is 47.6 Å². The van der Waals surface area contributed by atoms with Gasteiger partial charge >= 0.3 is 0 Å². The summed E-state index contributed by atoms with van der Waals surface area (Å²) in [5, 5.41) is -0.317. The topological polar surface area (TPSA) is 80.3 Å². The quantitative estimate of drug-likeness (QED) is 0.862. The van der Waals surface area contributed by atoms with Gasteiger partial charge in [-0.25, -0.2) is 16.8 Å². The molecule has 0 amide bonds. The summed E-state index contributed by atoms with van der Waals surface area (Å²) in [7, 11) is -7.03. The lowest BCUT2D eigenvalue weighted by atomic mass is 10.2. The molecule has 0 unspecified atom stereocenters. The second-order valence-corrected chi connectivity index (χ2v) is 10.3. The molecule has 25 heavy (non-hydrogen) atoms. The summed E-state index contributed by atoms with van der Waals surface area (Å²) >= 11 is 0. The number of hydrogen-bond acceptors (Lipinski definition) is 4. The number of aryl methyl sites for hydroxylation is 1. The molecule has 1 aliphatic carbocycles. The Balaban J connectivity index is 1.79. The van der Waals surface area contributed by atoms with Crippen LogP contribution in [0.3, 0.4) is 0 Å². The molecule has 0 saturated heterocycles. The first-order valence-electron chi connectivity index (χ1n) is 8.22. The van der Waals surface area contributed by atoms with Crippen molar-refractivity contribution < 1.29 is 16.8 Å². The number of sulfonamides is 1. The molecule has 0 heterocycles. The molecule has 0 aliphatic heterocycles. The number of benzene rings is 2. The fourth-order valence-corrected chi connectivity index (χ4v) is 5.95. The molecule has 0 aromatic heterocycles. The Labute approximate surface area is 149 Å². The number of anilines is 1. The minimum absolute atomic E-state index is 0.167. The summed E-state index contributed by atoms with van der Waals surface area (Å²) in [6.07, 6.45) is 3.28. The third-order valence-corrected chi connectivity index (χ3v) is 8.18. The smallest absolute Gasteiger partial charge is 0.261 e. The molecule has 7 heteroatoms. The Morgan fingerprint density at radius 3 is 1.88 bits per heavy atom. The summed E-state index contributed by atoms with van der Waals surface area (Å²) in [6.45, 7) is 1.88. The van der Waals surface area contributed by atoms with Gasteiger partial charge in [0.05, 0.1) is 15.0 Å². The fraction of sp³-hybridized carbons (Fsp3) is 0.333. The number of sulfone groups is 1. The van der Waals surface area contributed by atoms with Gasteiger partial charge in [0.1, 0.15) is 0 Å². The Morgan fingerprint density at radius 1 is 0.800 bits per heavy atom. The van der Waals surface area contributed by atoms with Gasteiger partial charge in [-0.15, -0.1) is 0 Å². The van der Waals surface area contributed by atoms with Crippen molar-refractivity contribution in [2.75, 3.05) is 4.72 Å². The molecule has 3 rings (SSSR count). The Kier molecular flexibility index (Phi) is 4.88. The van der Waals surface area contributed by atoms with Gasteiger partial charge in [-0.3, -0.25) is 4.72 Å². The maximum atomic E-state index is 12.5. The predicted octanol–water partition coefficient (Wildman–Crippen LogP) is 3.51. The highest BCUT2D eigenvalue weighted by Crippen LogP contribution is 2.30. The molecule has 0 bridgehead atoms. The van der Waals surface area contributed by atoms with E-state index < -0.39 is 19.9 Å². The first kappa shape index (κ1) is 17.9. The first-order chi connectivity index (χ1) is 11.8. The van der Waals surface area contributed by atoms with Crippen LogP contribution in [0.2, 0.25) is 0 Å². The van der Waals surface area contributed by atoms with Crippen LogP contribution in [0.1, 0.15) is 31.2 Å². The van der Waals surface area contributed by atoms with Crippen molar-refractivity contribution in [1.82, 2.24) is 0 Å². The van der Waals surface area contributed by atoms with Gasteiger partial charge in [-0.1, -0.05) is 30.5 Å². The molecule has 0 radical (unpaired) electrons. The van der Waals surface area contributed by atoms with Crippen molar-refractivity contribution in [2.24, 2.45) is 0 Å². The lowest BCUT2D eigenvalue weighted by Crippen LogP contribution is -2.18. The van der Waals surface area contributed by atoms with E-state index in [1.165, 1.54) is 36.4 Å². The monoisotopic (exact) mass is 379 g/mol. The maximum absolute atomic E-state index is 12.5. The molecule has 1 aliphatic rings. The van der Waals surface area contributed by atoms with Crippen LogP contribution in [-0.4, -0.2) is 22.1 Å². The minimum atomic E-state index is -3.69. The summed E-state index contributed by atoms with van der Waals surface area (Å²) in [6, 6.07) is 12.5. The molecule has 5 nitrogen and oxygen atoms in total. The highest BCUT2D eigenvalue weighted by Gasteiger charge is 2.30. The lowest BCUT2D eigenvalue weighted by molar-refractivity contribution is 0.579. The SMILES string of the molecule is Cc1ccc(S(=O)(=O)Nc2ccc(S(=O)(=O)C3CCCC3)cc2)cc1. The number of rotatable bonds is 5. The molecule has 1 saturated carbocycles. The van der Waals surface area contributed by atoms with Gasteiger partial charge < -0.3 is 0 Å². The fourth-order valence-electron chi connectivity index (χ4n) is 3.04. The molecule has 0 atom stereocenters. The van der Waals surface area contributed by atoms with Gasteiger partial charge in [0, 0.05) is 5.69 Å². The average Bonchev–Trinajstić information content (AvgIpc) is 3.11.